The summed E-state index contributed by atoms with van der Waals surface area (Å²) >= 11 is 0. The molecule has 2 aliphatic rings. The topological polar surface area (TPSA) is 80.9 Å². The summed E-state index contributed by atoms with van der Waals surface area (Å²) in [5.74, 6) is 7.14. The molecule has 0 saturated heterocycles. The maximum atomic E-state index is 10.9. The van der Waals surface area contributed by atoms with E-state index in [4.69, 9.17) is 0 Å². The highest BCUT2D eigenvalue weighted by molar-refractivity contribution is 5.50. The first-order valence-corrected chi connectivity index (χ1v) is 24.2. The highest BCUT2D eigenvalue weighted by Gasteiger charge is 2.36. The molecule has 4 N–H and O–H groups in total. The zero-order valence-corrected chi connectivity index (χ0v) is 40.2. The van der Waals surface area contributed by atoms with Crippen LogP contribution >= 0.6 is 0 Å². The van der Waals surface area contributed by atoms with Crippen LogP contribution < -0.4 is 0 Å². The van der Waals surface area contributed by atoms with Crippen molar-refractivity contribution in [2.45, 2.75) is 195 Å². The van der Waals surface area contributed by atoms with Gasteiger partial charge >= 0.3 is 0 Å². The Kier molecular flexibility index (Phi) is 16.7. The molecule has 2 atom stereocenters. The molecule has 0 bridgehead atoms. The van der Waals surface area contributed by atoms with Gasteiger partial charge in [0.25, 0.3) is 0 Å². The number of hydrogen-bond donors (Lipinski definition) is 4. The van der Waals surface area contributed by atoms with Gasteiger partial charge in [-0.2, -0.15) is 0 Å². The first kappa shape index (κ1) is 49.0. The molecule has 2 aliphatic carbocycles. The third kappa shape index (κ3) is 10.7. The van der Waals surface area contributed by atoms with Gasteiger partial charge in [-0.15, -0.1) is 0 Å². The van der Waals surface area contributed by atoms with Crippen molar-refractivity contribution in [2.75, 3.05) is 0 Å². The summed E-state index contributed by atoms with van der Waals surface area (Å²) in [5.41, 5.74) is 11.7. The van der Waals surface area contributed by atoms with Gasteiger partial charge in [-0.1, -0.05) is 147 Å². The predicted molar refractivity (Wildman–Crippen MR) is 260 cm³/mol. The molecule has 4 aromatic carbocycles. The minimum absolute atomic E-state index is 0.0448. The van der Waals surface area contributed by atoms with E-state index >= 15 is 0 Å². The van der Waals surface area contributed by atoms with Crippen molar-refractivity contribution in [1.82, 2.24) is 0 Å². The van der Waals surface area contributed by atoms with Crippen LogP contribution in [0.4, 0.5) is 0 Å². The molecular weight excluding hydrogens is 761 g/mol. The smallest absolute Gasteiger partial charge is 0.120 e. The highest BCUT2D eigenvalue weighted by Crippen LogP contribution is 2.44. The van der Waals surface area contributed by atoms with Crippen molar-refractivity contribution in [2.24, 2.45) is 10.8 Å². The van der Waals surface area contributed by atoms with E-state index in [2.05, 4.69) is 128 Å². The van der Waals surface area contributed by atoms with Crippen molar-refractivity contribution in [3.63, 3.8) is 0 Å². The molecule has 4 nitrogen and oxygen atoms in total. The highest BCUT2D eigenvalue weighted by atomic mass is 16.3. The van der Waals surface area contributed by atoms with Gasteiger partial charge in [0.15, 0.2) is 0 Å². The third-order valence-corrected chi connectivity index (χ3v) is 16.1. The first-order chi connectivity index (χ1) is 29.5. The van der Waals surface area contributed by atoms with E-state index in [0.29, 0.717) is 11.5 Å². The molecule has 2 saturated carbocycles. The van der Waals surface area contributed by atoms with Gasteiger partial charge in [0.05, 0.1) is 6.10 Å². The van der Waals surface area contributed by atoms with E-state index in [1.165, 1.54) is 71.9 Å². The maximum Gasteiger partial charge on any atom is 0.120 e. The van der Waals surface area contributed by atoms with E-state index in [1.807, 2.05) is 26.0 Å². The molecule has 6 rings (SSSR count). The number of aryl methyl sites for hydroxylation is 5. The van der Waals surface area contributed by atoms with E-state index in [1.54, 1.807) is 0 Å². The fourth-order valence-electron chi connectivity index (χ4n) is 11.0. The van der Waals surface area contributed by atoms with Crippen LogP contribution in [0.5, 0.6) is 11.5 Å². The monoisotopic (exact) mass is 841 g/mol. The number of aliphatic hydroxyl groups is 2. The second-order valence-corrected chi connectivity index (χ2v) is 19.9. The summed E-state index contributed by atoms with van der Waals surface area (Å²) in [7, 11) is 0. The Morgan fingerprint density at radius 1 is 0.532 bits per heavy atom. The van der Waals surface area contributed by atoms with Crippen molar-refractivity contribution in [1.29, 1.82) is 0 Å². The van der Waals surface area contributed by atoms with Gasteiger partial charge in [-0.3, -0.25) is 0 Å². The molecule has 4 aromatic rings. The lowest BCUT2D eigenvalue weighted by Crippen LogP contribution is -2.34. The van der Waals surface area contributed by atoms with Crippen molar-refractivity contribution >= 4 is 0 Å². The number of phenolic OH excluding ortho intramolecular Hbond substituents is 2. The molecule has 4 heteroatoms. The minimum atomic E-state index is -0.572. The van der Waals surface area contributed by atoms with E-state index in [-0.39, 0.29) is 27.8 Å². The fourth-order valence-corrected chi connectivity index (χ4v) is 11.0. The van der Waals surface area contributed by atoms with Gasteiger partial charge in [0.2, 0.25) is 0 Å². The van der Waals surface area contributed by atoms with Crippen LogP contribution in [0.1, 0.15) is 193 Å². The molecule has 0 radical (unpaired) electrons. The van der Waals surface area contributed by atoms with Crippen LogP contribution in [0.2, 0.25) is 0 Å². The number of aromatic hydroxyl groups is 2. The van der Waals surface area contributed by atoms with Crippen molar-refractivity contribution < 1.29 is 20.4 Å². The molecule has 2 unspecified atom stereocenters. The average molecular weight is 841 g/mol. The number of hydrogen-bond acceptors (Lipinski definition) is 4. The molecular formula is C58H80O4. The van der Waals surface area contributed by atoms with Gasteiger partial charge in [0.1, 0.15) is 17.6 Å². The van der Waals surface area contributed by atoms with Gasteiger partial charge in [0, 0.05) is 21.8 Å². The van der Waals surface area contributed by atoms with Gasteiger partial charge in [-0.25, -0.2) is 0 Å². The molecule has 0 amide bonds. The second-order valence-electron chi connectivity index (χ2n) is 19.9. The third-order valence-electron chi connectivity index (χ3n) is 16.1. The van der Waals surface area contributed by atoms with Crippen molar-refractivity contribution in [3.8, 4) is 23.3 Å². The lowest BCUT2D eigenvalue weighted by atomic mass is 9.69. The Balaban J connectivity index is 0.000000234. The Hall–Kier alpha value is -4.04. The Morgan fingerprint density at radius 3 is 1.35 bits per heavy atom. The molecule has 0 aliphatic heterocycles. The molecule has 2 fully saturated rings. The zero-order chi connectivity index (χ0) is 45.3. The fraction of sp³-hybridized carbons (Fsp3) is 0.552. The average Bonchev–Trinajstić information content (AvgIpc) is 3.27. The predicted octanol–water partition coefficient (Wildman–Crippen LogP) is 14.2. The summed E-state index contributed by atoms with van der Waals surface area (Å²) in [5, 5.41) is 41.7. The molecule has 0 spiro atoms. The summed E-state index contributed by atoms with van der Waals surface area (Å²) in [6.07, 6.45) is 16.9. The van der Waals surface area contributed by atoms with Crippen LogP contribution in [-0.2, 0) is 17.3 Å². The Morgan fingerprint density at radius 2 is 0.935 bits per heavy atom. The summed E-state index contributed by atoms with van der Waals surface area (Å²) < 4.78 is 0. The van der Waals surface area contributed by atoms with Crippen LogP contribution in [0.3, 0.4) is 0 Å². The Bertz CT molecular complexity index is 2150. The molecule has 0 heterocycles. The molecule has 336 valence electrons. The summed E-state index contributed by atoms with van der Waals surface area (Å²) in [6, 6.07) is 25.6. The minimum Gasteiger partial charge on any atom is -0.508 e. The van der Waals surface area contributed by atoms with E-state index in [9.17, 15) is 20.4 Å². The first-order valence-electron chi connectivity index (χ1n) is 24.2. The number of aliphatic hydroxyl groups excluding tert-OH is 2. The van der Waals surface area contributed by atoms with Crippen molar-refractivity contribution in [3.05, 3.63) is 128 Å². The van der Waals surface area contributed by atoms with Crippen LogP contribution in [0.25, 0.3) is 0 Å². The van der Waals surface area contributed by atoms with Gasteiger partial charge < -0.3 is 20.4 Å². The standard InChI is InChI=1S/C29H42O2.C29H38O2/c2*1-6-29(7-2,25-14-15-26(30)22(4)20-25)24-13-11-23(21(3)19-24)12-16-27(31)28(5)17-9-8-10-18-28/h11,13-15,19-20,27,30-31H,6-10,12,16-18H2,1-5H3;11,13-15,19-20,27,30-31H,6-10,17-18H2,1-5H3. The second kappa shape index (κ2) is 21.1. The number of benzene rings is 4. The zero-order valence-electron chi connectivity index (χ0n) is 40.2. The van der Waals surface area contributed by atoms with E-state index in [0.717, 1.165) is 86.5 Å². The maximum absolute atomic E-state index is 10.9. The lowest BCUT2D eigenvalue weighted by Gasteiger charge is -2.38. The summed E-state index contributed by atoms with van der Waals surface area (Å²) in [4.78, 5) is 0. The van der Waals surface area contributed by atoms with Crippen LogP contribution in [-0.4, -0.2) is 32.6 Å². The Labute approximate surface area is 376 Å². The molecule has 0 aromatic heterocycles. The lowest BCUT2D eigenvalue weighted by molar-refractivity contribution is 0.00452. The number of rotatable bonds is 13. The largest absolute Gasteiger partial charge is 0.508 e. The number of phenols is 2. The SMILES string of the molecule is CCC(CC)(c1ccc(O)c(C)c1)c1ccc(C#CC(O)C2(C)CCCCC2)c(C)c1.CCC(CC)(c1ccc(O)c(C)c1)c1ccc(CCC(O)C2(C)CCCCC2)c(C)c1. The quantitative estimate of drug-likeness (QED) is 0.101. The normalized spacial score (nSPS) is 17.2. The van der Waals surface area contributed by atoms with E-state index < -0.39 is 6.10 Å². The van der Waals surface area contributed by atoms with Crippen LogP contribution in [0, 0.1) is 50.4 Å². The summed E-state index contributed by atoms with van der Waals surface area (Å²) in [6.45, 7) is 21.7. The molecule has 62 heavy (non-hydrogen) atoms. The van der Waals surface area contributed by atoms with Crippen LogP contribution in [0.15, 0.2) is 72.8 Å². The van der Waals surface area contributed by atoms with Gasteiger partial charge in [-0.05, 0) is 166 Å².